The van der Waals surface area contributed by atoms with Crippen LogP contribution in [-0.2, 0) is 0 Å². The highest BCUT2D eigenvalue weighted by atomic mass is 35.5. The van der Waals surface area contributed by atoms with Gasteiger partial charge in [-0.2, -0.15) is 0 Å². The Kier molecular flexibility index (Phi) is 3.55. The SMILES string of the molecule is C/C=C/N=C/c1ccc(Cl)cc1. The van der Waals surface area contributed by atoms with Crippen LogP contribution in [-0.4, -0.2) is 6.21 Å². The van der Waals surface area contributed by atoms with Crippen molar-refractivity contribution in [1.29, 1.82) is 0 Å². The molecule has 0 N–H and O–H groups in total. The Hall–Kier alpha value is -1.08. The first-order chi connectivity index (χ1) is 5.83. The Balaban J connectivity index is 2.70. The molecule has 0 atom stereocenters. The molecule has 0 unspecified atom stereocenters. The molecule has 1 aromatic carbocycles. The van der Waals surface area contributed by atoms with Crippen molar-refractivity contribution < 1.29 is 0 Å². The molecule has 0 aromatic heterocycles. The molecule has 0 aliphatic heterocycles. The maximum absolute atomic E-state index is 5.71. The van der Waals surface area contributed by atoms with Crippen molar-refractivity contribution in [2.45, 2.75) is 6.92 Å². The van der Waals surface area contributed by atoms with Gasteiger partial charge >= 0.3 is 0 Å². The molecule has 62 valence electrons. The summed E-state index contributed by atoms with van der Waals surface area (Å²) in [6.07, 6.45) is 5.41. The van der Waals surface area contributed by atoms with Crippen molar-refractivity contribution in [2.24, 2.45) is 4.99 Å². The molecule has 2 heteroatoms. The van der Waals surface area contributed by atoms with E-state index in [2.05, 4.69) is 4.99 Å². The summed E-state index contributed by atoms with van der Waals surface area (Å²) >= 11 is 5.71. The van der Waals surface area contributed by atoms with Gasteiger partial charge in [-0.1, -0.05) is 29.8 Å². The Morgan fingerprint density at radius 2 is 1.92 bits per heavy atom. The van der Waals surface area contributed by atoms with E-state index in [0.29, 0.717) is 0 Å². The van der Waals surface area contributed by atoms with E-state index in [9.17, 15) is 0 Å². The van der Waals surface area contributed by atoms with E-state index in [4.69, 9.17) is 11.6 Å². The second kappa shape index (κ2) is 4.73. The summed E-state index contributed by atoms with van der Waals surface area (Å²) in [7, 11) is 0. The third-order valence-electron chi connectivity index (χ3n) is 1.33. The Morgan fingerprint density at radius 3 is 2.50 bits per heavy atom. The number of allylic oxidation sites excluding steroid dienone is 1. The standard InChI is InChI=1S/C10H10ClN/c1-2-7-12-8-9-3-5-10(11)6-4-9/h2-8H,1H3/b7-2+,12-8+. The minimum absolute atomic E-state index is 0.748. The molecule has 0 saturated heterocycles. The van der Waals surface area contributed by atoms with E-state index in [0.717, 1.165) is 10.6 Å². The maximum Gasteiger partial charge on any atom is 0.0406 e. The molecule has 0 saturated carbocycles. The van der Waals surface area contributed by atoms with Crippen LogP contribution in [0.5, 0.6) is 0 Å². The number of hydrogen-bond acceptors (Lipinski definition) is 1. The first-order valence-corrected chi connectivity index (χ1v) is 4.10. The highest BCUT2D eigenvalue weighted by Gasteiger charge is 1.86. The van der Waals surface area contributed by atoms with Crippen molar-refractivity contribution in [2.75, 3.05) is 0 Å². The van der Waals surface area contributed by atoms with E-state index >= 15 is 0 Å². The fourth-order valence-corrected chi connectivity index (χ4v) is 0.890. The van der Waals surface area contributed by atoms with Crippen LogP contribution >= 0.6 is 11.6 Å². The molecule has 1 rings (SSSR count). The maximum atomic E-state index is 5.71. The molecule has 0 fully saturated rings. The highest BCUT2D eigenvalue weighted by molar-refractivity contribution is 6.30. The summed E-state index contributed by atoms with van der Waals surface area (Å²) in [6, 6.07) is 7.54. The summed E-state index contributed by atoms with van der Waals surface area (Å²) in [6.45, 7) is 1.93. The monoisotopic (exact) mass is 179 g/mol. The average Bonchev–Trinajstić information content (AvgIpc) is 2.09. The van der Waals surface area contributed by atoms with E-state index in [1.165, 1.54) is 0 Å². The summed E-state index contributed by atoms with van der Waals surface area (Å²) in [5, 5.41) is 0.748. The summed E-state index contributed by atoms with van der Waals surface area (Å²) in [5.74, 6) is 0. The number of rotatable bonds is 2. The largest absolute Gasteiger partial charge is 0.264 e. The van der Waals surface area contributed by atoms with Crippen LogP contribution in [0.2, 0.25) is 5.02 Å². The average molecular weight is 180 g/mol. The minimum atomic E-state index is 0.748. The van der Waals surface area contributed by atoms with E-state index in [1.807, 2.05) is 37.3 Å². The lowest BCUT2D eigenvalue weighted by Crippen LogP contribution is -1.77. The molecule has 0 aliphatic rings. The van der Waals surface area contributed by atoms with Gasteiger partial charge < -0.3 is 0 Å². The molecule has 1 nitrogen and oxygen atoms in total. The quantitative estimate of drug-likeness (QED) is 0.618. The zero-order valence-corrected chi connectivity index (χ0v) is 7.62. The fraction of sp³-hybridized carbons (Fsp3) is 0.100. The van der Waals surface area contributed by atoms with E-state index in [-0.39, 0.29) is 0 Å². The molecule has 0 bridgehead atoms. The highest BCUT2D eigenvalue weighted by Crippen LogP contribution is 2.07. The van der Waals surface area contributed by atoms with Crippen molar-refractivity contribution >= 4 is 17.8 Å². The van der Waals surface area contributed by atoms with Gasteiger partial charge in [0.15, 0.2) is 0 Å². The van der Waals surface area contributed by atoms with Crippen molar-refractivity contribution in [3.05, 3.63) is 47.1 Å². The van der Waals surface area contributed by atoms with E-state index in [1.54, 1.807) is 12.4 Å². The summed E-state index contributed by atoms with van der Waals surface area (Å²) < 4.78 is 0. The first kappa shape index (κ1) is 9.01. The lowest BCUT2D eigenvalue weighted by Gasteiger charge is -1.90. The van der Waals surface area contributed by atoms with Crippen molar-refractivity contribution in [3.8, 4) is 0 Å². The topological polar surface area (TPSA) is 12.4 Å². The van der Waals surface area contributed by atoms with Crippen LogP contribution < -0.4 is 0 Å². The third kappa shape index (κ3) is 2.89. The van der Waals surface area contributed by atoms with Gasteiger partial charge in [-0.05, 0) is 24.6 Å². The molecule has 0 aliphatic carbocycles. The Bertz CT molecular complexity index is 285. The molecule has 12 heavy (non-hydrogen) atoms. The van der Waals surface area contributed by atoms with E-state index < -0.39 is 0 Å². The molecule has 1 aromatic rings. The van der Waals surface area contributed by atoms with Crippen LogP contribution in [0.15, 0.2) is 41.5 Å². The molecule has 0 amide bonds. The van der Waals surface area contributed by atoms with Gasteiger partial charge in [0, 0.05) is 17.4 Å². The number of hydrogen-bond donors (Lipinski definition) is 0. The first-order valence-electron chi connectivity index (χ1n) is 3.73. The van der Waals surface area contributed by atoms with Gasteiger partial charge in [0.2, 0.25) is 0 Å². The lowest BCUT2D eigenvalue weighted by molar-refractivity contribution is 1.53. The van der Waals surface area contributed by atoms with Crippen LogP contribution in [0.25, 0.3) is 0 Å². The van der Waals surface area contributed by atoms with Crippen LogP contribution in [0, 0.1) is 0 Å². The molecular weight excluding hydrogens is 170 g/mol. The predicted octanol–water partition coefficient (Wildman–Crippen LogP) is 3.29. The molecule has 0 spiro atoms. The Morgan fingerprint density at radius 1 is 1.25 bits per heavy atom. The normalized spacial score (nSPS) is 11.5. The van der Waals surface area contributed by atoms with Gasteiger partial charge in [0.1, 0.15) is 0 Å². The number of benzene rings is 1. The third-order valence-corrected chi connectivity index (χ3v) is 1.58. The Labute approximate surface area is 77.4 Å². The van der Waals surface area contributed by atoms with Gasteiger partial charge in [-0.3, -0.25) is 4.99 Å². The second-order valence-corrected chi connectivity index (χ2v) is 2.75. The van der Waals surface area contributed by atoms with Crippen molar-refractivity contribution in [1.82, 2.24) is 0 Å². The molecular formula is C10H10ClN. The lowest BCUT2D eigenvalue weighted by atomic mass is 10.2. The van der Waals surface area contributed by atoms with Gasteiger partial charge in [-0.15, -0.1) is 0 Å². The summed E-state index contributed by atoms with van der Waals surface area (Å²) in [4.78, 5) is 4.04. The van der Waals surface area contributed by atoms with Gasteiger partial charge in [-0.25, -0.2) is 0 Å². The van der Waals surface area contributed by atoms with Gasteiger partial charge in [0.25, 0.3) is 0 Å². The minimum Gasteiger partial charge on any atom is -0.264 e. The molecule has 0 heterocycles. The zero-order chi connectivity index (χ0) is 8.81. The number of nitrogens with zero attached hydrogens (tertiary/aromatic N) is 1. The number of halogens is 1. The van der Waals surface area contributed by atoms with Crippen LogP contribution in [0.3, 0.4) is 0 Å². The number of aliphatic imine (C=N–C) groups is 1. The van der Waals surface area contributed by atoms with Gasteiger partial charge in [0.05, 0.1) is 0 Å². The fourth-order valence-electron chi connectivity index (χ4n) is 0.764. The van der Waals surface area contributed by atoms with Crippen LogP contribution in [0.4, 0.5) is 0 Å². The summed E-state index contributed by atoms with van der Waals surface area (Å²) in [5.41, 5.74) is 1.05. The predicted molar refractivity (Wildman–Crippen MR) is 53.9 cm³/mol. The smallest absolute Gasteiger partial charge is 0.0406 e. The zero-order valence-electron chi connectivity index (χ0n) is 6.87. The van der Waals surface area contributed by atoms with Crippen LogP contribution in [0.1, 0.15) is 12.5 Å². The second-order valence-electron chi connectivity index (χ2n) is 2.31. The van der Waals surface area contributed by atoms with Crippen molar-refractivity contribution in [3.63, 3.8) is 0 Å². The molecule has 0 radical (unpaired) electrons.